The van der Waals surface area contributed by atoms with Crippen LogP contribution >= 0.6 is 0 Å². The Kier molecular flexibility index (Phi) is 4.51. The summed E-state index contributed by atoms with van der Waals surface area (Å²) >= 11 is 0. The van der Waals surface area contributed by atoms with Crippen LogP contribution in [0.5, 0.6) is 0 Å². The molecule has 0 spiro atoms. The van der Waals surface area contributed by atoms with E-state index >= 15 is 0 Å². The third-order valence-electron chi connectivity index (χ3n) is 2.81. The number of hydrogen-bond acceptors (Lipinski definition) is 3. The van der Waals surface area contributed by atoms with Crippen molar-refractivity contribution in [1.82, 2.24) is 13.9 Å². The summed E-state index contributed by atoms with van der Waals surface area (Å²) in [5, 5.41) is 0. The first-order valence-corrected chi connectivity index (χ1v) is 6.78. The summed E-state index contributed by atoms with van der Waals surface area (Å²) in [6.45, 7) is 4.72. The van der Waals surface area contributed by atoms with Crippen LogP contribution in [0, 0.1) is 0 Å². The van der Waals surface area contributed by atoms with Gasteiger partial charge in [0.05, 0.1) is 0 Å². The average molecular weight is 235 g/mol. The Hall–Kier alpha value is -0.170. The number of rotatable bonds is 5. The first kappa shape index (κ1) is 12.9. The number of likely N-dealkylation sites (tertiary alicyclic amines) is 1. The lowest BCUT2D eigenvalue weighted by molar-refractivity contribution is 0.259. The van der Waals surface area contributed by atoms with Gasteiger partial charge in [0, 0.05) is 26.7 Å². The van der Waals surface area contributed by atoms with Crippen molar-refractivity contribution in [2.24, 2.45) is 0 Å². The predicted molar refractivity (Wildman–Crippen MR) is 60.9 cm³/mol. The fourth-order valence-electron chi connectivity index (χ4n) is 1.67. The second-order valence-corrected chi connectivity index (χ2v) is 6.20. The zero-order chi connectivity index (χ0) is 11.5. The Morgan fingerprint density at radius 1 is 1.33 bits per heavy atom. The van der Waals surface area contributed by atoms with Gasteiger partial charge < -0.3 is 0 Å². The number of nitrogens with one attached hydrogen (secondary N) is 1. The Bertz CT molecular complexity index is 284. The van der Waals surface area contributed by atoms with E-state index in [1.165, 1.54) is 31.2 Å². The average Bonchev–Trinajstić information content (AvgIpc) is 2.66. The maximum atomic E-state index is 11.4. The Morgan fingerprint density at radius 2 is 1.87 bits per heavy atom. The van der Waals surface area contributed by atoms with Crippen LogP contribution < -0.4 is 4.72 Å². The van der Waals surface area contributed by atoms with Gasteiger partial charge in [0.2, 0.25) is 0 Å². The van der Waals surface area contributed by atoms with Crippen molar-refractivity contribution in [2.45, 2.75) is 25.8 Å². The number of nitrogens with zero attached hydrogens (tertiary/aromatic N) is 2. The molecular formula is C9H21N3O2S. The van der Waals surface area contributed by atoms with E-state index in [1.54, 1.807) is 0 Å². The highest BCUT2D eigenvalue weighted by Crippen LogP contribution is 2.10. The van der Waals surface area contributed by atoms with Gasteiger partial charge >= 0.3 is 0 Å². The molecular weight excluding hydrogens is 214 g/mol. The summed E-state index contributed by atoms with van der Waals surface area (Å²) in [4.78, 5) is 2.32. The summed E-state index contributed by atoms with van der Waals surface area (Å²) in [6.07, 6.45) is 2.45. The molecule has 5 nitrogen and oxygen atoms in total. The van der Waals surface area contributed by atoms with E-state index in [4.69, 9.17) is 0 Å². The maximum absolute atomic E-state index is 11.4. The van der Waals surface area contributed by atoms with Crippen molar-refractivity contribution < 1.29 is 8.42 Å². The smallest absolute Gasteiger partial charge is 0.278 e. The fraction of sp³-hybridized carbons (Fsp3) is 1.00. The van der Waals surface area contributed by atoms with Crippen molar-refractivity contribution in [1.29, 1.82) is 0 Å². The molecule has 0 aromatic rings. The van der Waals surface area contributed by atoms with E-state index in [2.05, 4.69) is 16.5 Å². The summed E-state index contributed by atoms with van der Waals surface area (Å²) in [7, 11) is -0.205. The van der Waals surface area contributed by atoms with Crippen LogP contribution in [0.1, 0.15) is 19.8 Å². The van der Waals surface area contributed by atoms with Gasteiger partial charge in [0.15, 0.2) is 0 Å². The molecule has 1 unspecified atom stereocenters. The zero-order valence-electron chi connectivity index (χ0n) is 9.73. The highest BCUT2D eigenvalue weighted by molar-refractivity contribution is 7.87. The molecule has 0 radical (unpaired) electrons. The van der Waals surface area contributed by atoms with Crippen molar-refractivity contribution in [2.75, 3.05) is 33.7 Å². The molecule has 15 heavy (non-hydrogen) atoms. The van der Waals surface area contributed by atoms with E-state index < -0.39 is 10.2 Å². The molecule has 6 heteroatoms. The summed E-state index contributed by atoms with van der Waals surface area (Å²) in [5.74, 6) is 0. The topological polar surface area (TPSA) is 52.7 Å². The minimum absolute atomic E-state index is 0.280. The van der Waals surface area contributed by atoms with Crippen LogP contribution in [0.2, 0.25) is 0 Å². The monoisotopic (exact) mass is 235 g/mol. The lowest BCUT2D eigenvalue weighted by Gasteiger charge is -2.24. The second-order valence-electron chi connectivity index (χ2n) is 4.23. The van der Waals surface area contributed by atoms with Gasteiger partial charge in [-0.2, -0.15) is 12.7 Å². The molecule has 1 N–H and O–H groups in total. The number of hydrogen-bond donors (Lipinski definition) is 1. The summed E-state index contributed by atoms with van der Waals surface area (Å²) in [6, 6.07) is 0.280. The van der Waals surface area contributed by atoms with Crippen molar-refractivity contribution >= 4 is 10.2 Å². The first-order chi connectivity index (χ1) is 6.93. The summed E-state index contributed by atoms with van der Waals surface area (Å²) in [5.41, 5.74) is 0. The standard InChI is InChI=1S/C9H21N3O2S/c1-9(12-6-4-5-7-12)8-10-15(13,14)11(2)3/h9-10H,4-8H2,1-3H3. The van der Waals surface area contributed by atoms with Gasteiger partial charge in [-0.15, -0.1) is 0 Å². The molecule has 1 saturated heterocycles. The molecule has 1 atom stereocenters. The van der Waals surface area contributed by atoms with Gasteiger partial charge in [-0.1, -0.05) is 0 Å². The lowest BCUT2D eigenvalue weighted by Crippen LogP contribution is -2.44. The van der Waals surface area contributed by atoms with Crippen LogP contribution in [0.15, 0.2) is 0 Å². The molecule has 1 aliphatic rings. The van der Waals surface area contributed by atoms with Gasteiger partial charge in [-0.05, 0) is 32.9 Å². The van der Waals surface area contributed by atoms with Gasteiger partial charge in [-0.3, -0.25) is 4.90 Å². The Labute approximate surface area is 92.6 Å². The largest absolute Gasteiger partial charge is 0.299 e. The fourth-order valence-corrected chi connectivity index (χ4v) is 2.38. The van der Waals surface area contributed by atoms with Crippen LogP contribution in [0.25, 0.3) is 0 Å². The van der Waals surface area contributed by atoms with E-state index in [-0.39, 0.29) is 6.04 Å². The van der Waals surface area contributed by atoms with E-state index in [0.717, 1.165) is 13.1 Å². The lowest BCUT2D eigenvalue weighted by atomic mass is 10.3. The molecule has 0 bridgehead atoms. The predicted octanol–water partition coefficient (Wildman–Crippen LogP) is -0.133. The van der Waals surface area contributed by atoms with Crippen molar-refractivity contribution in [3.05, 3.63) is 0 Å². The molecule has 1 aliphatic heterocycles. The third kappa shape index (κ3) is 3.71. The molecule has 0 aromatic carbocycles. The van der Waals surface area contributed by atoms with Crippen LogP contribution in [-0.2, 0) is 10.2 Å². The van der Waals surface area contributed by atoms with Gasteiger partial charge in [0.1, 0.15) is 0 Å². The minimum atomic E-state index is -3.27. The molecule has 0 aromatic heterocycles. The second kappa shape index (κ2) is 5.25. The van der Waals surface area contributed by atoms with Crippen LogP contribution in [-0.4, -0.2) is 57.4 Å². The van der Waals surface area contributed by atoms with Crippen LogP contribution in [0.4, 0.5) is 0 Å². The SMILES string of the molecule is CC(CNS(=O)(=O)N(C)C)N1CCCC1. The molecule has 0 aliphatic carbocycles. The molecule has 90 valence electrons. The normalized spacial score (nSPS) is 21.1. The third-order valence-corrected chi connectivity index (χ3v) is 4.30. The summed E-state index contributed by atoms with van der Waals surface area (Å²) < 4.78 is 26.7. The van der Waals surface area contributed by atoms with E-state index in [0.29, 0.717) is 6.54 Å². The Balaban J connectivity index is 2.36. The molecule has 1 fully saturated rings. The Morgan fingerprint density at radius 3 is 2.33 bits per heavy atom. The van der Waals surface area contributed by atoms with E-state index in [9.17, 15) is 8.42 Å². The first-order valence-electron chi connectivity index (χ1n) is 5.34. The quantitative estimate of drug-likeness (QED) is 0.722. The highest BCUT2D eigenvalue weighted by Gasteiger charge is 2.20. The molecule has 1 rings (SSSR count). The molecule has 0 amide bonds. The zero-order valence-corrected chi connectivity index (χ0v) is 10.5. The highest BCUT2D eigenvalue weighted by atomic mass is 32.2. The minimum Gasteiger partial charge on any atom is -0.299 e. The van der Waals surface area contributed by atoms with Gasteiger partial charge in [-0.25, -0.2) is 4.72 Å². The maximum Gasteiger partial charge on any atom is 0.278 e. The van der Waals surface area contributed by atoms with Crippen LogP contribution in [0.3, 0.4) is 0 Å². The van der Waals surface area contributed by atoms with Gasteiger partial charge in [0.25, 0.3) is 10.2 Å². The van der Waals surface area contributed by atoms with Crippen molar-refractivity contribution in [3.8, 4) is 0 Å². The van der Waals surface area contributed by atoms with Crippen molar-refractivity contribution in [3.63, 3.8) is 0 Å². The van der Waals surface area contributed by atoms with E-state index in [1.807, 2.05) is 0 Å². The molecule has 0 saturated carbocycles. The molecule has 1 heterocycles.